The number of rotatable bonds is 7. The molecule has 5 nitrogen and oxygen atoms in total. The molecule has 24 heavy (non-hydrogen) atoms. The van der Waals surface area contributed by atoms with E-state index in [0.29, 0.717) is 12.4 Å². The van der Waals surface area contributed by atoms with Crippen LogP contribution >= 0.6 is 0 Å². The standard InChI is InChI=1S/C19H26N4O/c1-4-16-8-6-7-9-17(16)14-23-19(20-5-2)22-13-15-10-11-18(24-3)21-12-15/h6-12H,4-5,13-14H2,1-3H3,(H2,20,22,23). The Bertz CT molecular complexity index is 653. The van der Waals surface area contributed by atoms with Gasteiger partial charge in [-0.1, -0.05) is 37.3 Å². The van der Waals surface area contributed by atoms with Crippen LogP contribution in [0.25, 0.3) is 0 Å². The van der Waals surface area contributed by atoms with Crippen LogP contribution in [0.1, 0.15) is 30.5 Å². The zero-order valence-electron chi connectivity index (χ0n) is 14.7. The Labute approximate surface area is 144 Å². The topological polar surface area (TPSA) is 58.5 Å². The van der Waals surface area contributed by atoms with Gasteiger partial charge in [0.15, 0.2) is 5.96 Å². The van der Waals surface area contributed by atoms with E-state index in [2.05, 4.69) is 58.7 Å². The van der Waals surface area contributed by atoms with Gasteiger partial charge in [-0.3, -0.25) is 0 Å². The van der Waals surface area contributed by atoms with Crippen LogP contribution in [0.15, 0.2) is 47.6 Å². The third-order valence-corrected chi connectivity index (χ3v) is 3.72. The molecule has 2 N–H and O–H groups in total. The Morgan fingerprint density at radius 2 is 1.88 bits per heavy atom. The molecule has 0 spiro atoms. The fraction of sp³-hybridized carbons (Fsp3) is 0.368. The van der Waals surface area contributed by atoms with Crippen molar-refractivity contribution in [3.05, 3.63) is 59.3 Å². The summed E-state index contributed by atoms with van der Waals surface area (Å²) >= 11 is 0. The Morgan fingerprint density at radius 3 is 2.50 bits per heavy atom. The summed E-state index contributed by atoms with van der Waals surface area (Å²) in [5.41, 5.74) is 3.71. The summed E-state index contributed by atoms with van der Waals surface area (Å²) < 4.78 is 5.07. The number of aromatic nitrogens is 1. The van der Waals surface area contributed by atoms with E-state index >= 15 is 0 Å². The second-order valence-corrected chi connectivity index (χ2v) is 5.38. The van der Waals surface area contributed by atoms with Crippen LogP contribution in [-0.2, 0) is 19.5 Å². The monoisotopic (exact) mass is 326 g/mol. The first-order valence-electron chi connectivity index (χ1n) is 8.34. The van der Waals surface area contributed by atoms with Gasteiger partial charge in [-0.25, -0.2) is 9.98 Å². The maximum Gasteiger partial charge on any atom is 0.212 e. The smallest absolute Gasteiger partial charge is 0.212 e. The molecule has 2 aromatic rings. The minimum absolute atomic E-state index is 0.571. The summed E-state index contributed by atoms with van der Waals surface area (Å²) in [7, 11) is 1.61. The van der Waals surface area contributed by atoms with Crippen molar-refractivity contribution in [2.24, 2.45) is 4.99 Å². The van der Waals surface area contributed by atoms with E-state index in [1.165, 1.54) is 11.1 Å². The van der Waals surface area contributed by atoms with Crippen LogP contribution in [0.3, 0.4) is 0 Å². The summed E-state index contributed by atoms with van der Waals surface area (Å²) in [6, 6.07) is 12.3. The van der Waals surface area contributed by atoms with Gasteiger partial charge in [-0.05, 0) is 30.0 Å². The zero-order valence-corrected chi connectivity index (χ0v) is 14.7. The summed E-state index contributed by atoms with van der Waals surface area (Å²) in [5, 5.41) is 6.68. The Kier molecular flexibility index (Phi) is 7.08. The molecular weight excluding hydrogens is 300 g/mol. The number of methoxy groups -OCH3 is 1. The molecule has 0 atom stereocenters. The number of pyridine rings is 1. The highest BCUT2D eigenvalue weighted by atomic mass is 16.5. The van der Waals surface area contributed by atoms with Crippen molar-refractivity contribution in [2.45, 2.75) is 33.4 Å². The number of nitrogens with zero attached hydrogens (tertiary/aromatic N) is 2. The first-order chi connectivity index (χ1) is 11.8. The molecule has 2 rings (SSSR count). The number of ether oxygens (including phenoxy) is 1. The molecule has 0 radical (unpaired) electrons. The predicted octanol–water partition coefficient (Wildman–Crippen LogP) is 2.91. The third-order valence-electron chi connectivity index (χ3n) is 3.72. The minimum atomic E-state index is 0.571. The summed E-state index contributed by atoms with van der Waals surface area (Å²) in [6.45, 7) is 6.39. The van der Waals surface area contributed by atoms with E-state index in [0.717, 1.165) is 31.0 Å². The number of guanidine groups is 1. The van der Waals surface area contributed by atoms with E-state index in [-0.39, 0.29) is 0 Å². The lowest BCUT2D eigenvalue weighted by Gasteiger charge is -2.13. The van der Waals surface area contributed by atoms with Crippen molar-refractivity contribution in [3.63, 3.8) is 0 Å². The van der Waals surface area contributed by atoms with E-state index in [9.17, 15) is 0 Å². The van der Waals surface area contributed by atoms with Gasteiger partial charge in [-0.15, -0.1) is 0 Å². The fourth-order valence-electron chi connectivity index (χ4n) is 2.39. The van der Waals surface area contributed by atoms with Gasteiger partial charge in [0.25, 0.3) is 0 Å². The first kappa shape index (κ1) is 17.8. The van der Waals surface area contributed by atoms with Gasteiger partial charge in [0.2, 0.25) is 5.88 Å². The zero-order chi connectivity index (χ0) is 17.2. The second-order valence-electron chi connectivity index (χ2n) is 5.38. The fourth-order valence-corrected chi connectivity index (χ4v) is 2.39. The Hall–Kier alpha value is -2.56. The Balaban J connectivity index is 1.99. The molecule has 1 aromatic carbocycles. The number of aryl methyl sites for hydroxylation is 1. The van der Waals surface area contributed by atoms with Gasteiger partial charge >= 0.3 is 0 Å². The van der Waals surface area contributed by atoms with Crippen molar-refractivity contribution in [2.75, 3.05) is 13.7 Å². The lowest BCUT2D eigenvalue weighted by molar-refractivity contribution is 0.397. The quantitative estimate of drug-likeness (QED) is 0.607. The normalized spacial score (nSPS) is 11.2. The molecule has 0 saturated heterocycles. The molecule has 5 heteroatoms. The molecular formula is C19H26N4O. The van der Waals surface area contributed by atoms with Crippen molar-refractivity contribution in [1.29, 1.82) is 0 Å². The lowest BCUT2D eigenvalue weighted by atomic mass is 10.1. The molecule has 0 bridgehead atoms. The minimum Gasteiger partial charge on any atom is -0.481 e. The van der Waals surface area contributed by atoms with E-state index in [1.54, 1.807) is 13.3 Å². The average molecular weight is 326 g/mol. The van der Waals surface area contributed by atoms with Gasteiger partial charge in [0, 0.05) is 25.4 Å². The van der Waals surface area contributed by atoms with E-state index < -0.39 is 0 Å². The maximum absolute atomic E-state index is 5.07. The number of hydrogen-bond acceptors (Lipinski definition) is 3. The van der Waals surface area contributed by atoms with Crippen LogP contribution in [0, 0.1) is 0 Å². The molecule has 1 heterocycles. The maximum atomic E-state index is 5.07. The predicted molar refractivity (Wildman–Crippen MR) is 98.3 cm³/mol. The summed E-state index contributed by atoms with van der Waals surface area (Å²) in [4.78, 5) is 8.83. The number of hydrogen-bond donors (Lipinski definition) is 2. The van der Waals surface area contributed by atoms with Crippen molar-refractivity contribution in [3.8, 4) is 5.88 Å². The largest absolute Gasteiger partial charge is 0.481 e. The van der Waals surface area contributed by atoms with Crippen LogP contribution in [0.2, 0.25) is 0 Å². The highest BCUT2D eigenvalue weighted by Crippen LogP contribution is 2.09. The molecule has 0 aliphatic heterocycles. The molecule has 0 saturated carbocycles. The molecule has 0 aliphatic carbocycles. The van der Waals surface area contributed by atoms with E-state index in [4.69, 9.17) is 4.74 Å². The third kappa shape index (κ3) is 5.26. The van der Waals surface area contributed by atoms with E-state index in [1.807, 2.05) is 12.1 Å². The number of aliphatic imine (C=N–C) groups is 1. The number of nitrogens with one attached hydrogen (secondary N) is 2. The molecule has 0 aliphatic rings. The van der Waals surface area contributed by atoms with Gasteiger partial charge in [0.05, 0.1) is 13.7 Å². The van der Waals surface area contributed by atoms with Crippen LogP contribution < -0.4 is 15.4 Å². The molecule has 0 unspecified atom stereocenters. The lowest BCUT2D eigenvalue weighted by Crippen LogP contribution is -2.37. The first-order valence-corrected chi connectivity index (χ1v) is 8.34. The molecule has 0 fully saturated rings. The van der Waals surface area contributed by atoms with Gasteiger partial charge < -0.3 is 15.4 Å². The van der Waals surface area contributed by atoms with Crippen LogP contribution in [0.4, 0.5) is 0 Å². The van der Waals surface area contributed by atoms with Crippen LogP contribution in [-0.4, -0.2) is 24.6 Å². The van der Waals surface area contributed by atoms with Crippen molar-refractivity contribution in [1.82, 2.24) is 15.6 Å². The Morgan fingerprint density at radius 1 is 1.08 bits per heavy atom. The SMILES string of the molecule is CCNC(=NCc1ccc(OC)nc1)NCc1ccccc1CC. The molecule has 0 amide bonds. The summed E-state index contributed by atoms with van der Waals surface area (Å²) in [6.07, 6.45) is 2.82. The van der Waals surface area contributed by atoms with Crippen molar-refractivity contribution >= 4 is 5.96 Å². The van der Waals surface area contributed by atoms with Gasteiger partial charge in [-0.2, -0.15) is 0 Å². The highest BCUT2D eigenvalue weighted by molar-refractivity contribution is 5.79. The highest BCUT2D eigenvalue weighted by Gasteiger charge is 2.02. The average Bonchev–Trinajstić information content (AvgIpc) is 2.64. The second kappa shape index (κ2) is 9.55. The molecule has 128 valence electrons. The van der Waals surface area contributed by atoms with Crippen molar-refractivity contribution < 1.29 is 4.74 Å². The molecule has 1 aromatic heterocycles. The summed E-state index contributed by atoms with van der Waals surface area (Å²) in [5.74, 6) is 1.42. The van der Waals surface area contributed by atoms with Gasteiger partial charge in [0.1, 0.15) is 0 Å². The number of benzene rings is 1. The van der Waals surface area contributed by atoms with Crippen LogP contribution in [0.5, 0.6) is 5.88 Å².